The van der Waals surface area contributed by atoms with Crippen LogP contribution in [0.5, 0.6) is 23.0 Å². The number of rotatable bonds is 21. The fraction of sp³-hybridized carbons (Fsp3) is 0.532. The summed E-state index contributed by atoms with van der Waals surface area (Å²) in [7, 11) is -11.7. The van der Waals surface area contributed by atoms with Gasteiger partial charge in [0.2, 0.25) is 5.91 Å². The number of aromatic hydroxyl groups is 3. The maximum absolute atomic E-state index is 14.6. The summed E-state index contributed by atoms with van der Waals surface area (Å²) in [5.41, 5.74) is -0.980. The topological polar surface area (TPSA) is 438 Å². The minimum absolute atomic E-state index is 0.00391. The number of hydrazone groups is 1. The number of carbonyl (C=O) groups excluding carboxylic acids is 7. The Morgan fingerprint density at radius 2 is 1.51 bits per heavy atom. The number of Topliss-reactive ketones (excluding diaryl/α,β-unsaturated/α-hetero) is 2. The van der Waals surface area contributed by atoms with Gasteiger partial charge in [0.1, 0.15) is 35.7 Å². The molecule has 31 heteroatoms. The number of phenolic OH excluding ortho intramolecular Hbond substituents is 3. The lowest BCUT2D eigenvalue weighted by Crippen LogP contribution is -2.45. The summed E-state index contributed by atoms with van der Waals surface area (Å²) < 4.78 is 52.9. The number of fused-ring (bicyclic) bond motifs is 14. The quantitative estimate of drug-likeness (QED) is 0.0126. The molecule has 7 rings (SSSR count). The molecule has 1 aromatic heterocycles. The van der Waals surface area contributed by atoms with E-state index in [0.29, 0.717) is 32.7 Å². The first kappa shape index (κ1) is 74.4. The zero-order valence-electron chi connectivity index (χ0n) is 53.2. The van der Waals surface area contributed by atoms with Crippen LogP contribution < -0.4 is 15.4 Å². The largest absolute Gasteiger partial charge is 0.507 e. The molecule has 93 heavy (non-hydrogen) atoms. The lowest BCUT2D eigenvalue weighted by Gasteiger charge is -2.37. The van der Waals surface area contributed by atoms with Gasteiger partial charge in [-0.15, -0.1) is 0 Å². The van der Waals surface area contributed by atoms with Gasteiger partial charge in [-0.1, -0.05) is 58.9 Å². The van der Waals surface area contributed by atoms with Gasteiger partial charge in [0.05, 0.1) is 66.1 Å². The van der Waals surface area contributed by atoms with Gasteiger partial charge in [-0.2, -0.15) is 5.10 Å². The summed E-state index contributed by atoms with van der Waals surface area (Å²) in [6, 6.07) is 4.05. The van der Waals surface area contributed by atoms with E-state index in [1.54, 1.807) is 37.9 Å². The molecule has 0 saturated carbocycles. The number of esters is 3. The van der Waals surface area contributed by atoms with Crippen LogP contribution in [-0.4, -0.2) is 183 Å². The Labute approximate surface area is 537 Å². The van der Waals surface area contributed by atoms with E-state index in [1.807, 2.05) is 18.7 Å². The molecule has 1 saturated heterocycles. The number of ketones is 2. The van der Waals surface area contributed by atoms with E-state index in [0.717, 1.165) is 0 Å². The van der Waals surface area contributed by atoms with Crippen LogP contribution in [-0.2, 0) is 63.3 Å². The van der Waals surface area contributed by atoms with Gasteiger partial charge >= 0.3 is 44.0 Å². The van der Waals surface area contributed by atoms with Crippen LogP contribution in [0.4, 0.5) is 5.69 Å². The van der Waals surface area contributed by atoms with Crippen molar-refractivity contribution in [3.8, 4) is 23.0 Å². The number of aromatic nitrogens is 1. The van der Waals surface area contributed by atoms with Crippen molar-refractivity contribution in [2.24, 2.45) is 34.7 Å². The Bertz CT molecular complexity index is 3480. The highest BCUT2D eigenvalue weighted by Crippen LogP contribution is 2.71. The lowest BCUT2D eigenvalue weighted by atomic mass is 9.77. The number of piperazine rings is 1. The monoisotopic (exact) mass is 1340 g/mol. The van der Waals surface area contributed by atoms with Crippen molar-refractivity contribution in [2.75, 3.05) is 51.2 Å². The second kappa shape index (κ2) is 31.6. The number of hydrogen-bond donors (Lipinski definition) is 11. The molecule has 29 nitrogen and oxygen atoms in total. The van der Waals surface area contributed by atoms with Crippen molar-refractivity contribution >= 4 is 79.2 Å². The van der Waals surface area contributed by atoms with Crippen molar-refractivity contribution in [1.29, 1.82) is 0 Å². The van der Waals surface area contributed by atoms with Crippen LogP contribution in [0.1, 0.15) is 121 Å². The van der Waals surface area contributed by atoms with Gasteiger partial charge in [0, 0.05) is 119 Å². The number of benzene rings is 2. The molecular weight excluding hydrogens is 1260 g/mol. The molecule has 510 valence electrons. The highest BCUT2D eigenvalue weighted by atomic mass is 31.2. The van der Waals surface area contributed by atoms with E-state index in [1.165, 1.54) is 76.7 Å². The molecule has 11 N–H and O–H groups in total. The molecule has 0 spiro atoms. The fourth-order valence-electron chi connectivity index (χ4n) is 11.0. The van der Waals surface area contributed by atoms with E-state index >= 15 is 0 Å². The smallest absolute Gasteiger partial charge is 0.381 e. The molecule has 1 fully saturated rings. The number of carbonyl (C=O) groups is 7. The van der Waals surface area contributed by atoms with E-state index in [4.69, 9.17) is 23.7 Å². The minimum atomic E-state index is -5.86. The van der Waals surface area contributed by atoms with Gasteiger partial charge in [-0.3, -0.25) is 57.6 Å². The van der Waals surface area contributed by atoms with Gasteiger partial charge < -0.3 is 79.4 Å². The summed E-state index contributed by atoms with van der Waals surface area (Å²) in [6.07, 6.45) is 3.99. The third kappa shape index (κ3) is 18.0. The summed E-state index contributed by atoms with van der Waals surface area (Å²) in [5, 5.41) is 66.3. The van der Waals surface area contributed by atoms with Crippen molar-refractivity contribution in [1.82, 2.24) is 20.2 Å². The first-order valence-corrected chi connectivity index (χ1v) is 33.5. The second-order valence-corrected chi connectivity index (χ2v) is 27.8. The Morgan fingerprint density at radius 1 is 0.839 bits per heavy atom. The van der Waals surface area contributed by atoms with Crippen LogP contribution in [0.2, 0.25) is 0 Å². The Kier molecular flexibility index (Phi) is 25.3. The molecule has 4 aliphatic heterocycles. The van der Waals surface area contributed by atoms with Gasteiger partial charge in [0.25, 0.3) is 11.7 Å². The summed E-state index contributed by atoms with van der Waals surface area (Å²) in [4.78, 5) is 137. The maximum atomic E-state index is 14.6. The third-order valence-corrected chi connectivity index (χ3v) is 20.9. The van der Waals surface area contributed by atoms with Crippen molar-refractivity contribution in [3.05, 3.63) is 82.9 Å². The molecule has 0 aliphatic carbocycles. The Balaban J connectivity index is 1.07. The molecule has 0 unspecified atom stereocenters. The lowest BCUT2D eigenvalue weighted by molar-refractivity contribution is -0.158. The van der Waals surface area contributed by atoms with Crippen molar-refractivity contribution in [2.45, 2.75) is 136 Å². The number of amides is 2. The number of ether oxygens (including phenoxy) is 5. The zero-order chi connectivity index (χ0) is 69.1. The van der Waals surface area contributed by atoms with Gasteiger partial charge in [-0.05, 0) is 50.3 Å². The first-order valence-electron chi connectivity index (χ1n) is 30.3. The summed E-state index contributed by atoms with van der Waals surface area (Å²) in [5.74, 6) is -12.4. The predicted octanol–water partition coefficient (Wildman–Crippen LogP) is 5.09. The maximum Gasteiger partial charge on any atom is 0.381 e. The average molecular weight is 1340 g/mol. The fourth-order valence-corrected chi connectivity index (χ4v) is 13.5. The third-order valence-electron chi connectivity index (χ3n) is 17.0. The van der Waals surface area contributed by atoms with Crippen LogP contribution in [0.15, 0.2) is 65.6 Å². The Hall–Kier alpha value is -7.59. The first-order chi connectivity index (χ1) is 43.5. The van der Waals surface area contributed by atoms with Gasteiger partial charge in [0.15, 0.2) is 5.75 Å². The highest BCUT2D eigenvalue weighted by Gasteiger charge is 2.64. The van der Waals surface area contributed by atoms with E-state index < -0.39 is 146 Å². The number of pyridine rings is 1. The standard InChI is InChI=1S/C62H84N6O23P2/c1-34-22-30-88-61(9)59(79)50-48-49(54(76)40(7)58(50)91-61)56(78)51(66-60(80)36(3)15-12-14-35(2)52(74)38(5)53(75)39(6)57(37(34)4)89-41(8)69)44(55(48)77)33-65-68-27-25-67(26-28-68)29-31-87-46(72)20-18-43(70)17-13-24-64-45(71)19-21-47(73)90-62(92(81,82)83,93(84,85)86)32-42-16-10-11-23-63-42/h10-12,14-16,22-23,30,33-35,37-39,52-53,57,74-78H,13,17-21,24-29,31-32H2,1-9H3,(H,64,71)(H,66,80)(H2,81,82,83)(H2,84,85,86)/b14-12+,30-22+,36-15-,65-33-/t34-,35-,37+,38+,39+,52-,53+,57+,61-/m0/s1. The number of phenols is 3. The molecular formula is C62H84N6O23P2. The average Bonchev–Trinajstić information content (AvgIpc) is 1.66. The van der Waals surface area contributed by atoms with Crippen molar-refractivity contribution < 1.29 is 111 Å². The molecule has 0 radical (unpaired) electrons. The number of aliphatic hydroxyl groups is 2. The molecule has 5 bridgehead atoms. The van der Waals surface area contributed by atoms with Crippen molar-refractivity contribution in [3.63, 3.8) is 0 Å². The normalized spacial score (nSPS) is 24.9. The number of nitrogens with one attached hydrogen (secondary N) is 2. The van der Waals surface area contributed by atoms with Crippen LogP contribution >= 0.6 is 15.2 Å². The van der Waals surface area contributed by atoms with E-state index in [-0.39, 0.29) is 94.8 Å². The number of hydrogen-bond acceptors (Lipinski definition) is 23. The van der Waals surface area contributed by atoms with Crippen LogP contribution in [0.3, 0.4) is 0 Å². The zero-order valence-corrected chi connectivity index (χ0v) is 55.0. The SMILES string of the molecule is CC(=O)O[C@H]1[C@H](C)[C@H](O)[C@H](C)[C@@H](O)[C@@H](C)/C=C/C=C(/C)C(=O)Nc2c(/C=N\N3CCN(CCOC(=O)CCC(=O)CCCNC(=O)CCC(=O)OC(Cc4ccccn4)(P(=O)(O)O)P(=O)(O)O)CC3)c(O)c3c4c(c(C)c(O)c3c2O)O[C@](C)(O/C=C/[C@H](C)[C@H]1C)C4=O. The van der Waals surface area contributed by atoms with Gasteiger partial charge in [-0.25, -0.2) is 0 Å². The number of allylic oxidation sites excluding steroid dienone is 3. The molecule has 9 atom stereocenters. The second-order valence-electron chi connectivity index (χ2n) is 23.8. The summed E-state index contributed by atoms with van der Waals surface area (Å²) >= 11 is 0. The molecule has 5 heterocycles. The van der Waals surface area contributed by atoms with Crippen LogP contribution in [0.25, 0.3) is 10.8 Å². The summed E-state index contributed by atoms with van der Waals surface area (Å²) in [6.45, 7) is 15.9. The van der Waals surface area contributed by atoms with Crippen LogP contribution in [0, 0.1) is 36.5 Å². The molecule has 4 aliphatic rings. The number of nitrogens with zero attached hydrogens (tertiary/aromatic N) is 4. The molecule has 3 aromatic rings. The highest BCUT2D eigenvalue weighted by molar-refractivity contribution is 7.72. The molecule has 2 aromatic carbocycles. The van der Waals surface area contributed by atoms with E-state index in [9.17, 15) is 87.8 Å². The molecule has 2 amide bonds. The number of aliphatic hydroxyl groups excluding tert-OH is 2. The van der Waals surface area contributed by atoms with E-state index in [2.05, 4.69) is 20.7 Å². The Morgan fingerprint density at radius 3 is 2.14 bits per heavy atom. The minimum Gasteiger partial charge on any atom is -0.507 e. The number of anilines is 1. The predicted molar refractivity (Wildman–Crippen MR) is 335 cm³/mol.